The minimum atomic E-state index is -4.88. The number of pyridine rings is 1. The Labute approximate surface area is 302 Å². The molecule has 16 heteroatoms. The molecule has 1 aromatic heterocycles. The average molecular weight is 736 g/mol. The molecule has 6 rings (SSSR count). The van der Waals surface area contributed by atoms with Gasteiger partial charge in [0.05, 0.1) is 37.6 Å². The number of benzene rings is 2. The van der Waals surface area contributed by atoms with Crippen LogP contribution in [0.3, 0.4) is 0 Å². The topological polar surface area (TPSA) is 158 Å². The number of nitrogens with one attached hydrogen (secondary N) is 1. The summed E-state index contributed by atoms with van der Waals surface area (Å²) in [6.07, 6.45) is 2.84. The number of amides is 3. The van der Waals surface area contributed by atoms with Crippen molar-refractivity contribution in [3.05, 3.63) is 71.2 Å². The van der Waals surface area contributed by atoms with Gasteiger partial charge in [-0.15, -0.1) is 0 Å². The van der Waals surface area contributed by atoms with Gasteiger partial charge in [0, 0.05) is 69.2 Å². The predicted octanol–water partition coefficient (Wildman–Crippen LogP) is 3.30. The third-order valence-corrected chi connectivity index (χ3v) is 11.8. The zero-order valence-electron chi connectivity index (χ0n) is 29.6. The lowest BCUT2D eigenvalue weighted by Gasteiger charge is -2.43. The Kier molecular flexibility index (Phi) is 10.6. The van der Waals surface area contributed by atoms with E-state index in [0.717, 1.165) is 44.9 Å². The summed E-state index contributed by atoms with van der Waals surface area (Å²) < 4.78 is 61.6. The van der Waals surface area contributed by atoms with Gasteiger partial charge < -0.3 is 29.3 Å². The summed E-state index contributed by atoms with van der Waals surface area (Å²) in [6, 6.07) is 10.3. The van der Waals surface area contributed by atoms with Crippen LogP contribution in [0.25, 0.3) is 0 Å². The van der Waals surface area contributed by atoms with E-state index in [0.29, 0.717) is 36.0 Å². The number of anilines is 1. The molecule has 1 unspecified atom stereocenters. The SMILES string of the molecule is CCOc1ncccc1C1(NC(=O)N2CCC(N3CCN(CC)CC3)CC2)C(=O)N(S(=O)(=O)c2ccc(OC)cc2OC)c2cc(F)c(C#N)cc21. The van der Waals surface area contributed by atoms with Crippen LogP contribution >= 0.6 is 0 Å². The van der Waals surface area contributed by atoms with E-state index in [4.69, 9.17) is 14.2 Å². The van der Waals surface area contributed by atoms with E-state index < -0.39 is 49.5 Å². The van der Waals surface area contributed by atoms with Gasteiger partial charge in [0.2, 0.25) is 5.88 Å². The standard InChI is InChI=1S/C36H42FN7O7S/c1-5-41-16-18-42(19-17-41)25-11-14-43(15-12-25)35(46)40-36(27-8-7-13-39-33(27)51-6-2)28-20-24(23-38)29(37)22-30(28)44(34(36)45)52(47,48)32-10-9-26(49-3)21-31(32)50-4/h7-10,13,20-22,25H,5-6,11-12,14-19H2,1-4H3,(H,40,46). The van der Waals surface area contributed by atoms with Crippen molar-refractivity contribution in [1.82, 2.24) is 25.0 Å². The molecule has 0 spiro atoms. The highest BCUT2D eigenvalue weighted by atomic mass is 32.2. The Balaban J connectivity index is 1.45. The first-order valence-electron chi connectivity index (χ1n) is 17.2. The van der Waals surface area contributed by atoms with E-state index >= 15 is 9.18 Å². The molecule has 14 nitrogen and oxygen atoms in total. The smallest absolute Gasteiger partial charge is 0.318 e. The Morgan fingerprint density at radius 1 is 1.04 bits per heavy atom. The lowest BCUT2D eigenvalue weighted by Crippen LogP contribution is -2.59. The van der Waals surface area contributed by atoms with Crippen LogP contribution in [0.4, 0.5) is 14.9 Å². The first kappa shape index (κ1) is 36.8. The van der Waals surface area contributed by atoms with Gasteiger partial charge in [0.25, 0.3) is 15.9 Å². The third-order valence-electron chi connectivity index (χ3n) is 10.1. The number of methoxy groups -OCH3 is 2. The Hall–Kier alpha value is -4.98. The van der Waals surface area contributed by atoms with Gasteiger partial charge in [-0.25, -0.2) is 22.6 Å². The van der Waals surface area contributed by atoms with Crippen LogP contribution in [0.15, 0.2) is 53.6 Å². The molecule has 3 aliphatic heterocycles. The van der Waals surface area contributed by atoms with Crippen molar-refractivity contribution in [3.63, 3.8) is 0 Å². The number of aromatic nitrogens is 1. The molecular formula is C36H42FN7O7S. The molecule has 2 saturated heterocycles. The molecule has 2 fully saturated rings. The number of nitrogens with zero attached hydrogens (tertiary/aromatic N) is 6. The van der Waals surface area contributed by atoms with E-state index in [-0.39, 0.29) is 35.4 Å². The molecule has 2 aromatic carbocycles. The average Bonchev–Trinajstić information content (AvgIpc) is 3.41. The number of piperazine rings is 1. The fourth-order valence-corrected chi connectivity index (χ4v) is 8.91. The molecule has 3 aromatic rings. The lowest BCUT2D eigenvalue weighted by atomic mass is 9.83. The molecule has 1 N–H and O–H groups in total. The molecular weight excluding hydrogens is 694 g/mol. The number of fused-ring (bicyclic) bond motifs is 1. The Bertz CT molecular complexity index is 1990. The summed E-state index contributed by atoms with van der Waals surface area (Å²) in [5.41, 5.74) is -3.30. The van der Waals surface area contributed by atoms with Crippen molar-refractivity contribution in [1.29, 1.82) is 5.26 Å². The quantitative estimate of drug-likeness (QED) is 0.326. The molecule has 0 saturated carbocycles. The van der Waals surface area contributed by atoms with Crippen LogP contribution in [0.5, 0.6) is 17.4 Å². The Morgan fingerprint density at radius 3 is 2.40 bits per heavy atom. The molecule has 0 radical (unpaired) electrons. The van der Waals surface area contributed by atoms with Crippen molar-refractivity contribution < 1.29 is 36.6 Å². The molecule has 52 heavy (non-hydrogen) atoms. The van der Waals surface area contributed by atoms with E-state index in [2.05, 4.69) is 27.0 Å². The number of piperidine rings is 1. The predicted molar refractivity (Wildman–Crippen MR) is 188 cm³/mol. The van der Waals surface area contributed by atoms with Crippen molar-refractivity contribution in [2.75, 3.05) is 70.9 Å². The van der Waals surface area contributed by atoms with Crippen LogP contribution in [0, 0.1) is 17.1 Å². The highest BCUT2D eigenvalue weighted by Gasteiger charge is 2.59. The Morgan fingerprint density at radius 2 is 1.77 bits per heavy atom. The molecule has 3 aliphatic rings. The van der Waals surface area contributed by atoms with Gasteiger partial charge in [0.15, 0.2) is 5.54 Å². The number of rotatable bonds is 10. The van der Waals surface area contributed by atoms with Crippen molar-refractivity contribution >= 4 is 27.6 Å². The van der Waals surface area contributed by atoms with Crippen LogP contribution < -0.4 is 23.8 Å². The number of halogens is 1. The zero-order valence-corrected chi connectivity index (χ0v) is 30.4. The summed E-state index contributed by atoms with van der Waals surface area (Å²) in [5, 5.41) is 12.8. The monoisotopic (exact) mass is 735 g/mol. The summed E-state index contributed by atoms with van der Waals surface area (Å²) in [4.78, 5) is 39.9. The lowest BCUT2D eigenvalue weighted by molar-refractivity contribution is -0.121. The second kappa shape index (κ2) is 14.9. The molecule has 3 amide bonds. The second-order valence-electron chi connectivity index (χ2n) is 12.7. The third kappa shape index (κ3) is 6.37. The van der Waals surface area contributed by atoms with Crippen molar-refractivity contribution in [2.45, 2.75) is 43.2 Å². The number of ether oxygens (including phenoxy) is 3. The van der Waals surface area contributed by atoms with Crippen LogP contribution in [-0.2, 0) is 20.4 Å². The summed E-state index contributed by atoms with van der Waals surface area (Å²) in [6.45, 7) is 9.61. The summed E-state index contributed by atoms with van der Waals surface area (Å²) in [5.74, 6) is -2.12. The van der Waals surface area contributed by atoms with Gasteiger partial charge in [-0.05, 0) is 56.6 Å². The molecule has 1 atom stereocenters. The summed E-state index contributed by atoms with van der Waals surface area (Å²) >= 11 is 0. The van der Waals surface area contributed by atoms with E-state index in [9.17, 15) is 18.5 Å². The number of hydrogen-bond acceptors (Lipinski definition) is 11. The van der Waals surface area contributed by atoms with Crippen LogP contribution in [-0.4, -0.2) is 113 Å². The maximum atomic E-state index is 15.5. The number of sulfonamides is 1. The van der Waals surface area contributed by atoms with Crippen molar-refractivity contribution in [3.8, 4) is 23.4 Å². The van der Waals surface area contributed by atoms with E-state index in [1.165, 1.54) is 50.7 Å². The van der Waals surface area contributed by atoms with Crippen LogP contribution in [0.2, 0.25) is 0 Å². The normalized spacial score (nSPS) is 20.0. The molecule has 4 heterocycles. The number of nitriles is 1. The number of likely N-dealkylation sites (N-methyl/N-ethyl adjacent to an activating group) is 1. The fraction of sp³-hybridized carbons (Fsp3) is 0.444. The highest BCUT2D eigenvalue weighted by Crippen LogP contribution is 2.50. The summed E-state index contributed by atoms with van der Waals surface area (Å²) in [7, 11) is -2.22. The fourth-order valence-electron chi connectivity index (χ4n) is 7.31. The minimum Gasteiger partial charge on any atom is -0.497 e. The number of urea groups is 1. The largest absolute Gasteiger partial charge is 0.497 e. The van der Waals surface area contributed by atoms with Gasteiger partial charge >= 0.3 is 6.03 Å². The van der Waals surface area contributed by atoms with Crippen molar-refractivity contribution in [2.24, 2.45) is 0 Å². The van der Waals surface area contributed by atoms with E-state index in [1.54, 1.807) is 17.9 Å². The number of likely N-dealkylation sites (tertiary alicyclic amines) is 1. The van der Waals surface area contributed by atoms with Gasteiger partial charge in [-0.1, -0.05) is 6.92 Å². The zero-order chi connectivity index (χ0) is 37.2. The first-order valence-corrected chi connectivity index (χ1v) is 18.7. The maximum Gasteiger partial charge on any atom is 0.318 e. The first-order chi connectivity index (χ1) is 25.0. The molecule has 0 bridgehead atoms. The minimum absolute atomic E-state index is 0.00928. The number of carbonyl (C=O) groups is 2. The van der Waals surface area contributed by atoms with Crippen LogP contribution in [0.1, 0.15) is 43.4 Å². The highest BCUT2D eigenvalue weighted by molar-refractivity contribution is 7.93. The number of hydrogen-bond donors (Lipinski definition) is 1. The second-order valence-corrected chi connectivity index (χ2v) is 14.5. The van der Waals surface area contributed by atoms with Gasteiger partial charge in [-0.2, -0.15) is 9.57 Å². The maximum absolute atomic E-state index is 15.5. The number of carbonyl (C=O) groups excluding carboxylic acids is 2. The molecule has 0 aliphatic carbocycles. The van der Waals surface area contributed by atoms with Gasteiger partial charge in [0.1, 0.15) is 28.3 Å². The molecule has 276 valence electrons. The van der Waals surface area contributed by atoms with E-state index in [1.807, 2.05) is 0 Å². The van der Waals surface area contributed by atoms with Gasteiger partial charge in [-0.3, -0.25) is 9.69 Å².